The molecule has 0 saturated heterocycles. The molecule has 8 heteroatoms. The lowest BCUT2D eigenvalue weighted by molar-refractivity contribution is 0.0731. The first-order chi connectivity index (χ1) is 13.2. The highest BCUT2D eigenvalue weighted by atomic mass is 32.1. The molecule has 27 heavy (non-hydrogen) atoms. The first-order valence-corrected chi connectivity index (χ1v) is 9.43. The number of H-pyrrole nitrogens is 1. The molecule has 0 bridgehead atoms. The van der Waals surface area contributed by atoms with E-state index in [0.29, 0.717) is 24.6 Å². The van der Waals surface area contributed by atoms with Crippen molar-refractivity contribution in [2.45, 2.75) is 13.0 Å². The second kappa shape index (κ2) is 6.17. The predicted molar refractivity (Wildman–Crippen MR) is 104 cm³/mol. The minimum absolute atomic E-state index is 0.0492. The van der Waals surface area contributed by atoms with Gasteiger partial charge in [-0.2, -0.15) is 5.10 Å². The normalized spacial score (nSPS) is 13.7. The van der Waals surface area contributed by atoms with E-state index >= 15 is 0 Å². The Morgan fingerprint density at radius 3 is 2.93 bits per heavy atom. The molecule has 1 amide bonds. The summed E-state index contributed by atoms with van der Waals surface area (Å²) in [6, 6.07) is 11.6. The summed E-state index contributed by atoms with van der Waals surface area (Å²) < 4.78 is 0. The number of amides is 1. The van der Waals surface area contributed by atoms with E-state index < -0.39 is 0 Å². The minimum atomic E-state index is -0.0492. The maximum absolute atomic E-state index is 12.9. The number of nitrogen functional groups attached to an aromatic ring is 1. The predicted octanol–water partition coefficient (Wildman–Crippen LogP) is 2.86. The van der Waals surface area contributed by atoms with Gasteiger partial charge in [0.05, 0.1) is 17.6 Å². The molecule has 4 heterocycles. The van der Waals surface area contributed by atoms with Crippen LogP contribution in [0.2, 0.25) is 0 Å². The molecule has 5 rings (SSSR count). The highest BCUT2D eigenvalue weighted by Gasteiger charge is 2.27. The molecular formula is C19H16N6OS. The number of hydrogen-bond acceptors (Lipinski definition) is 6. The van der Waals surface area contributed by atoms with Crippen LogP contribution in [0.15, 0.2) is 42.7 Å². The molecule has 3 aromatic heterocycles. The summed E-state index contributed by atoms with van der Waals surface area (Å²) in [5.41, 5.74) is 9.45. The SMILES string of the molecule is Nc1ncnc2sc3c(c12)CCN(C(=O)c1cc(-c2ccccc2)n[nH]1)C3. The number of aromatic nitrogens is 4. The molecule has 7 nitrogen and oxygen atoms in total. The van der Waals surface area contributed by atoms with Gasteiger partial charge in [0.1, 0.15) is 22.7 Å². The van der Waals surface area contributed by atoms with Gasteiger partial charge in [0.15, 0.2) is 0 Å². The van der Waals surface area contributed by atoms with Crippen LogP contribution in [0.1, 0.15) is 20.9 Å². The second-order valence-corrected chi connectivity index (χ2v) is 7.54. The van der Waals surface area contributed by atoms with Crippen molar-refractivity contribution >= 4 is 33.3 Å². The van der Waals surface area contributed by atoms with Crippen molar-refractivity contribution in [2.24, 2.45) is 0 Å². The molecule has 1 aliphatic rings. The number of anilines is 1. The Balaban J connectivity index is 1.42. The number of carbonyl (C=O) groups is 1. The highest BCUT2D eigenvalue weighted by molar-refractivity contribution is 7.19. The first-order valence-electron chi connectivity index (χ1n) is 8.61. The lowest BCUT2D eigenvalue weighted by Crippen LogP contribution is -2.35. The van der Waals surface area contributed by atoms with Gasteiger partial charge in [0.25, 0.3) is 5.91 Å². The molecule has 0 fully saturated rings. The smallest absolute Gasteiger partial charge is 0.272 e. The van der Waals surface area contributed by atoms with E-state index in [1.807, 2.05) is 41.3 Å². The molecule has 3 N–H and O–H groups in total. The number of fused-ring (bicyclic) bond motifs is 3. The zero-order valence-electron chi connectivity index (χ0n) is 14.3. The van der Waals surface area contributed by atoms with Crippen LogP contribution in [0.25, 0.3) is 21.5 Å². The zero-order chi connectivity index (χ0) is 18.4. The van der Waals surface area contributed by atoms with Gasteiger partial charge in [-0.05, 0) is 18.1 Å². The summed E-state index contributed by atoms with van der Waals surface area (Å²) in [6.45, 7) is 1.18. The average Bonchev–Trinajstić information content (AvgIpc) is 3.33. The van der Waals surface area contributed by atoms with Gasteiger partial charge in [-0.3, -0.25) is 9.89 Å². The number of nitrogens with one attached hydrogen (secondary N) is 1. The standard InChI is InChI=1S/C19H16N6OS/c20-17-16-12-6-7-25(9-15(12)27-18(16)22-10-21-17)19(26)14-8-13(23-24-14)11-4-2-1-3-5-11/h1-5,8,10H,6-7,9H2,(H,23,24)(H2,20,21,22). The molecule has 0 aliphatic carbocycles. The van der Waals surface area contributed by atoms with Gasteiger partial charge in [-0.1, -0.05) is 30.3 Å². The van der Waals surface area contributed by atoms with Crippen molar-refractivity contribution in [3.05, 3.63) is 58.9 Å². The number of carbonyl (C=O) groups excluding carboxylic acids is 1. The van der Waals surface area contributed by atoms with Crippen molar-refractivity contribution < 1.29 is 4.79 Å². The van der Waals surface area contributed by atoms with Crippen molar-refractivity contribution in [1.82, 2.24) is 25.1 Å². The van der Waals surface area contributed by atoms with Crippen molar-refractivity contribution in [3.8, 4) is 11.3 Å². The number of nitrogens with zero attached hydrogens (tertiary/aromatic N) is 4. The van der Waals surface area contributed by atoms with Crippen LogP contribution in [0.3, 0.4) is 0 Å². The minimum Gasteiger partial charge on any atom is -0.383 e. The molecule has 0 atom stereocenters. The molecule has 4 aromatic rings. The summed E-state index contributed by atoms with van der Waals surface area (Å²) in [6.07, 6.45) is 2.23. The van der Waals surface area contributed by atoms with E-state index in [2.05, 4.69) is 20.2 Å². The number of nitrogens with two attached hydrogens (primary N) is 1. The van der Waals surface area contributed by atoms with E-state index in [1.54, 1.807) is 11.3 Å². The molecule has 1 aromatic carbocycles. The topological polar surface area (TPSA) is 101 Å². The van der Waals surface area contributed by atoms with Gasteiger partial charge in [-0.25, -0.2) is 9.97 Å². The Labute approximate surface area is 158 Å². The Bertz CT molecular complexity index is 1150. The molecule has 0 spiro atoms. The fourth-order valence-electron chi connectivity index (χ4n) is 3.48. The molecule has 134 valence electrons. The van der Waals surface area contributed by atoms with Gasteiger partial charge >= 0.3 is 0 Å². The number of hydrogen-bond donors (Lipinski definition) is 2. The molecule has 1 aliphatic heterocycles. The first kappa shape index (κ1) is 16.0. The van der Waals surface area contributed by atoms with Crippen LogP contribution in [0.4, 0.5) is 5.82 Å². The number of rotatable bonds is 2. The Kier molecular flexibility index (Phi) is 3.64. The Morgan fingerprint density at radius 1 is 1.22 bits per heavy atom. The van der Waals surface area contributed by atoms with Crippen LogP contribution < -0.4 is 5.73 Å². The molecule has 0 unspecified atom stereocenters. The molecule has 0 saturated carbocycles. The van der Waals surface area contributed by atoms with Gasteiger partial charge < -0.3 is 10.6 Å². The van der Waals surface area contributed by atoms with Crippen molar-refractivity contribution in [2.75, 3.05) is 12.3 Å². The largest absolute Gasteiger partial charge is 0.383 e. The zero-order valence-corrected chi connectivity index (χ0v) is 15.2. The van der Waals surface area contributed by atoms with Gasteiger partial charge in [0.2, 0.25) is 0 Å². The second-order valence-electron chi connectivity index (χ2n) is 6.45. The number of aromatic amines is 1. The fourth-order valence-corrected chi connectivity index (χ4v) is 4.69. The fraction of sp³-hybridized carbons (Fsp3) is 0.158. The monoisotopic (exact) mass is 376 g/mol. The molecule has 0 radical (unpaired) electrons. The average molecular weight is 376 g/mol. The van der Waals surface area contributed by atoms with E-state index in [9.17, 15) is 4.79 Å². The van der Waals surface area contributed by atoms with Crippen LogP contribution in [-0.4, -0.2) is 37.5 Å². The van der Waals surface area contributed by atoms with Crippen molar-refractivity contribution in [3.63, 3.8) is 0 Å². The third kappa shape index (κ3) is 2.65. The quantitative estimate of drug-likeness (QED) is 0.560. The van der Waals surface area contributed by atoms with E-state index in [-0.39, 0.29) is 5.91 Å². The lowest BCUT2D eigenvalue weighted by Gasteiger charge is -2.26. The third-order valence-corrected chi connectivity index (χ3v) is 5.96. The van der Waals surface area contributed by atoms with E-state index in [1.165, 1.54) is 11.9 Å². The van der Waals surface area contributed by atoms with Crippen LogP contribution >= 0.6 is 11.3 Å². The summed E-state index contributed by atoms with van der Waals surface area (Å²) in [5, 5.41) is 8.11. The third-order valence-electron chi connectivity index (χ3n) is 4.83. The van der Waals surface area contributed by atoms with Crippen LogP contribution in [0, 0.1) is 0 Å². The maximum Gasteiger partial charge on any atom is 0.272 e. The highest BCUT2D eigenvalue weighted by Crippen LogP contribution is 2.36. The number of benzene rings is 1. The summed E-state index contributed by atoms with van der Waals surface area (Å²) >= 11 is 1.58. The van der Waals surface area contributed by atoms with Gasteiger partial charge in [0, 0.05) is 17.0 Å². The van der Waals surface area contributed by atoms with E-state index in [4.69, 9.17) is 5.73 Å². The maximum atomic E-state index is 12.9. The van der Waals surface area contributed by atoms with Gasteiger partial charge in [-0.15, -0.1) is 11.3 Å². The van der Waals surface area contributed by atoms with Crippen LogP contribution in [-0.2, 0) is 13.0 Å². The summed E-state index contributed by atoms with van der Waals surface area (Å²) in [4.78, 5) is 25.2. The lowest BCUT2D eigenvalue weighted by atomic mass is 10.0. The summed E-state index contributed by atoms with van der Waals surface area (Å²) in [5.74, 6) is 0.463. The van der Waals surface area contributed by atoms with Crippen LogP contribution in [0.5, 0.6) is 0 Å². The summed E-state index contributed by atoms with van der Waals surface area (Å²) in [7, 11) is 0. The van der Waals surface area contributed by atoms with E-state index in [0.717, 1.165) is 32.8 Å². The Hall–Kier alpha value is -3.26. The molecular weight excluding hydrogens is 360 g/mol. The number of thiophene rings is 1. The Morgan fingerprint density at radius 2 is 2.07 bits per heavy atom. The van der Waals surface area contributed by atoms with Crippen molar-refractivity contribution in [1.29, 1.82) is 0 Å².